The minimum absolute atomic E-state index is 0.322. The first-order valence-electron chi connectivity index (χ1n) is 8.93. The summed E-state index contributed by atoms with van der Waals surface area (Å²) in [4.78, 5) is 38.8. The fourth-order valence-corrected chi connectivity index (χ4v) is 2.61. The van der Waals surface area contributed by atoms with Crippen LogP contribution in [0.5, 0.6) is 0 Å². The summed E-state index contributed by atoms with van der Waals surface area (Å²) in [5.41, 5.74) is -0.508. The lowest BCUT2D eigenvalue weighted by atomic mass is 9.91. The Morgan fingerprint density at radius 3 is 2.56 bits per heavy atom. The molecule has 1 aliphatic rings. The van der Waals surface area contributed by atoms with E-state index < -0.39 is 17.3 Å². The van der Waals surface area contributed by atoms with Gasteiger partial charge in [0, 0.05) is 31.9 Å². The molecule has 0 atom stereocenters. The summed E-state index contributed by atoms with van der Waals surface area (Å²) in [6.07, 6.45) is 0. The van der Waals surface area contributed by atoms with E-state index in [1.54, 1.807) is 32.0 Å². The molecular weight excluding hydrogens is 350 g/mol. The van der Waals surface area contributed by atoms with E-state index in [0.29, 0.717) is 37.6 Å². The highest BCUT2D eigenvalue weighted by molar-refractivity contribution is 6.10. The molecule has 0 radical (unpaired) electrons. The molecular formula is C19H27N3O5. The van der Waals surface area contributed by atoms with Crippen molar-refractivity contribution in [1.29, 1.82) is 0 Å². The average molecular weight is 377 g/mol. The summed E-state index contributed by atoms with van der Waals surface area (Å²) in [5.74, 6) is -1.29. The number of morpholine rings is 1. The third-order valence-corrected chi connectivity index (χ3v) is 4.49. The zero-order valence-corrected chi connectivity index (χ0v) is 16.0. The molecule has 0 unspecified atom stereocenters. The number of nitrogens with one attached hydrogen (secondary N) is 2. The van der Waals surface area contributed by atoms with Crippen LogP contribution in [0.3, 0.4) is 0 Å². The van der Waals surface area contributed by atoms with Crippen molar-refractivity contribution in [2.24, 2.45) is 5.41 Å². The van der Waals surface area contributed by atoms with Crippen molar-refractivity contribution >= 4 is 23.5 Å². The topological polar surface area (TPSA) is 97.0 Å². The van der Waals surface area contributed by atoms with E-state index in [1.807, 2.05) is 0 Å². The van der Waals surface area contributed by atoms with Gasteiger partial charge in [0.25, 0.3) is 0 Å². The quantitative estimate of drug-likeness (QED) is 0.541. The summed E-state index contributed by atoms with van der Waals surface area (Å²) < 4.78 is 9.96. The number of hydrogen-bond acceptors (Lipinski definition) is 6. The largest absolute Gasteiger partial charge is 0.465 e. The first-order valence-corrected chi connectivity index (χ1v) is 8.93. The molecule has 27 heavy (non-hydrogen) atoms. The van der Waals surface area contributed by atoms with E-state index in [2.05, 4.69) is 20.3 Å². The molecule has 1 aromatic carbocycles. The fraction of sp³-hybridized carbons (Fsp3) is 0.526. The Morgan fingerprint density at radius 2 is 1.89 bits per heavy atom. The van der Waals surface area contributed by atoms with Gasteiger partial charge in [-0.25, -0.2) is 4.79 Å². The van der Waals surface area contributed by atoms with Crippen LogP contribution in [0.15, 0.2) is 24.3 Å². The summed E-state index contributed by atoms with van der Waals surface area (Å²) in [6, 6.07) is 6.38. The minimum Gasteiger partial charge on any atom is -0.465 e. The second-order valence-corrected chi connectivity index (χ2v) is 6.86. The highest BCUT2D eigenvalue weighted by Gasteiger charge is 2.36. The molecule has 2 N–H and O–H groups in total. The van der Waals surface area contributed by atoms with Gasteiger partial charge < -0.3 is 20.1 Å². The molecule has 0 saturated carbocycles. The van der Waals surface area contributed by atoms with E-state index in [1.165, 1.54) is 13.2 Å². The Morgan fingerprint density at radius 1 is 1.19 bits per heavy atom. The van der Waals surface area contributed by atoms with Gasteiger partial charge in [0.05, 0.1) is 25.9 Å². The SMILES string of the molecule is COC(=O)c1cccc(NC(=O)C(C)(C)C(=O)NCCN2CCOCC2)c1. The van der Waals surface area contributed by atoms with Crippen LogP contribution in [0, 0.1) is 5.41 Å². The molecule has 1 saturated heterocycles. The van der Waals surface area contributed by atoms with E-state index in [-0.39, 0.29) is 5.91 Å². The Kier molecular flexibility index (Phi) is 7.32. The highest BCUT2D eigenvalue weighted by Crippen LogP contribution is 2.20. The lowest BCUT2D eigenvalue weighted by Crippen LogP contribution is -2.48. The minimum atomic E-state index is -1.26. The van der Waals surface area contributed by atoms with Crippen molar-refractivity contribution in [1.82, 2.24) is 10.2 Å². The third-order valence-electron chi connectivity index (χ3n) is 4.49. The third kappa shape index (κ3) is 5.77. The van der Waals surface area contributed by atoms with Gasteiger partial charge in [0.1, 0.15) is 5.41 Å². The Hall–Kier alpha value is -2.45. The maximum Gasteiger partial charge on any atom is 0.337 e. The van der Waals surface area contributed by atoms with Gasteiger partial charge in [-0.05, 0) is 32.0 Å². The second kappa shape index (κ2) is 9.48. The average Bonchev–Trinajstić information content (AvgIpc) is 2.68. The number of esters is 1. The molecule has 2 rings (SSSR count). The fourth-order valence-electron chi connectivity index (χ4n) is 2.61. The second-order valence-electron chi connectivity index (χ2n) is 6.86. The van der Waals surface area contributed by atoms with Gasteiger partial charge in [-0.15, -0.1) is 0 Å². The smallest absolute Gasteiger partial charge is 0.337 e. The molecule has 2 amide bonds. The number of ether oxygens (including phenoxy) is 2. The van der Waals surface area contributed by atoms with E-state index >= 15 is 0 Å². The van der Waals surface area contributed by atoms with Crippen molar-refractivity contribution in [3.63, 3.8) is 0 Å². The van der Waals surface area contributed by atoms with Crippen LogP contribution >= 0.6 is 0 Å². The lowest BCUT2D eigenvalue weighted by Gasteiger charge is -2.27. The van der Waals surface area contributed by atoms with Crippen molar-refractivity contribution in [3.05, 3.63) is 29.8 Å². The van der Waals surface area contributed by atoms with Crippen molar-refractivity contribution in [2.45, 2.75) is 13.8 Å². The summed E-state index contributed by atoms with van der Waals surface area (Å²) >= 11 is 0. The predicted octanol–water partition coefficient (Wildman–Crippen LogP) is 0.886. The normalized spacial score (nSPS) is 15.1. The molecule has 1 fully saturated rings. The van der Waals surface area contributed by atoms with Crippen LogP contribution in [0.2, 0.25) is 0 Å². The van der Waals surface area contributed by atoms with Crippen LogP contribution in [0.1, 0.15) is 24.2 Å². The van der Waals surface area contributed by atoms with Crippen LogP contribution in [0.4, 0.5) is 5.69 Å². The number of amides is 2. The van der Waals surface area contributed by atoms with E-state index in [4.69, 9.17) is 4.74 Å². The van der Waals surface area contributed by atoms with Gasteiger partial charge in [0.15, 0.2) is 0 Å². The van der Waals surface area contributed by atoms with Crippen LogP contribution < -0.4 is 10.6 Å². The first-order chi connectivity index (χ1) is 12.8. The molecule has 1 heterocycles. The van der Waals surface area contributed by atoms with Gasteiger partial charge in [-0.2, -0.15) is 0 Å². The zero-order chi connectivity index (χ0) is 19.9. The van der Waals surface area contributed by atoms with Crippen LogP contribution in [-0.4, -0.2) is 69.2 Å². The lowest BCUT2D eigenvalue weighted by molar-refractivity contribution is -0.138. The molecule has 1 aromatic rings. The van der Waals surface area contributed by atoms with Crippen molar-refractivity contribution in [2.75, 3.05) is 51.8 Å². The van der Waals surface area contributed by atoms with Crippen molar-refractivity contribution in [3.8, 4) is 0 Å². The molecule has 0 bridgehead atoms. The monoisotopic (exact) mass is 377 g/mol. The Balaban J connectivity index is 1.89. The standard InChI is InChI=1S/C19H27N3O5/c1-19(2,17(24)20-7-8-22-9-11-27-12-10-22)18(25)21-15-6-4-5-14(13-15)16(23)26-3/h4-6,13H,7-12H2,1-3H3,(H,20,24)(H,21,25). The number of hydrogen-bond donors (Lipinski definition) is 2. The number of rotatable bonds is 7. The summed E-state index contributed by atoms with van der Waals surface area (Å²) in [7, 11) is 1.29. The van der Waals surface area contributed by atoms with Gasteiger partial charge in [-0.3, -0.25) is 14.5 Å². The molecule has 0 spiro atoms. The molecule has 1 aliphatic heterocycles. The number of anilines is 1. The van der Waals surface area contributed by atoms with Crippen molar-refractivity contribution < 1.29 is 23.9 Å². The molecule has 8 heteroatoms. The Bertz CT molecular complexity index is 684. The molecule has 0 aromatic heterocycles. The molecule has 8 nitrogen and oxygen atoms in total. The number of benzene rings is 1. The first kappa shape index (κ1) is 20.9. The number of nitrogens with zero attached hydrogens (tertiary/aromatic N) is 1. The van der Waals surface area contributed by atoms with Gasteiger partial charge in [0.2, 0.25) is 11.8 Å². The number of carbonyl (C=O) groups is 3. The molecule has 148 valence electrons. The van der Waals surface area contributed by atoms with Gasteiger partial charge >= 0.3 is 5.97 Å². The Labute approximate surface area is 159 Å². The summed E-state index contributed by atoms with van der Waals surface area (Å²) in [6.45, 7) is 7.40. The number of methoxy groups -OCH3 is 1. The maximum absolute atomic E-state index is 12.6. The number of carbonyl (C=O) groups excluding carboxylic acids is 3. The van der Waals surface area contributed by atoms with Gasteiger partial charge in [-0.1, -0.05) is 6.07 Å². The predicted molar refractivity (Wildman–Crippen MR) is 100 cm³/mol. The van der Waals surface area contributed by atoms with Crippen LogP contribution in [-0.2, 0) is 19.1 Å². The molecule has 0 aliphatic carbocycles. The van der Waals surface area contributed by atoms with E-state index in [9.17, 15) is 14.4 Å². The maximum atomic E-state index is 12.6. The van der Waals surface area contributed by atoms with E-state index in [0.717, 1.165) is 13.1 Å². The van der Waals surface area contributed by atoms with Crippen LogP contribution in [0.25, 0.3) is 0 Å². The summed E-state index contributed by atoms with van der Waals surface area (Å²) in [5, 5.41) is 5.51. The highest BCUT2D eigenvalue weighted by atomic mass is 16.5. The zero-order valence-electron chi connectivity index (χ0n) is 16.0.